The molecule has 0 saturated heterocycles. The van der Waals surface area contributed by atoms with E-state index >= 15 is 0 Å². The summed E-state index contributed by atoms with van der Waals surface area (Å²) in [6.45, 7) is 5.87. The first kappa shape index (κ1) is 21.3. The van der Waals surface area contributed by atoms with E-state index in [1.807, 2.05) is 68.4 Å². The molecule has 0 atom stereocenters. The van der Waals surface area contributed by atoms with Gasteiger partial charge in [0.05, 0.1) is 17.8 Å². The van der Waals surface area contributed by atoms with E-state index < -0.39 is 0 Å². The van der Waals surface area contributed by atoms with Crippen molar-refractivity contribution in [2.75, 3.05) is 13.6 Å². The highest BCUT2D eigenvalue weighted by atomic mass is 16.2. The van der Waals surface area contributed by atoms with Gasteiger partial charge in [0, 0.05) is 24.8 Å². The van der Waals surface area contributed by atoms with E-state index in [1.165, 1.54) is 10.5 Å². The zero-order valence-corrected chi connectivity index (χ0v) is 17.9. The highest BCUT2D eigenvalue weighted by Crippen LogP contribution is 2.25. The molecule has 6 nitrogen and oxygen atoms in total. The Balaban J connectivity index is 1.97. The van der Waals surface area contributed by atoms with Crippen molar-refractivity contribution in [2.24, 2.45) is 0 Å². The monoisotopic (exact) mass is 404 g/mol. The second-order valence-corrected chi connectivity index (χ2v) is 7.61. The smallest absolute Gasteiger partial charge is 0.257 e. The van der Waals surface area contributed by atoms with Crippen LogP contribution in [-0.4, -0.2) is 46.1 Å². The van der Waals surface area contributed by atoms with Crippen molar-refractivity contribution < 1.29 is 9.59 Å². The van der Waals surface area contributed by atoms with Crippen molar-refractivity contribution >= 4 is 11.8 Å². The van der Waals surface area contributed by atoms with Gasteiger partial charge >= 0.3 is 0 Å². The van der Waals surface area contributed by atoms with Gasteiger partial charge in [0.1, 0.15) is 5.69 Å². The minimum absolute atomic E-state index is 0.0122. The van der Waals surface area contributed by atoms with E-state index in [4.69, 9.17) is 5.10 Å². The molecule has 6 heteroatoms. The summed E-state index contributed by atoms with van der Waals surface area (Å²) in [7, 11) is 1.63. The van der Waals surface area contributed by atoms with Gasteiger partial charge in [0.2, 0.25) is 5.91 Å². The second-order valence-electron chi connectivity index (χ2n) is 7.61. The molecule has 0 aliphatic heterocycles. The Kier molecular flexibility index (Phi) is 6.67. The number of amides is 2. The summed E-state index contributed by atoms with van der Waals surface area (Å²) in [6, 6.07) is 17.7. The lowest BCUT2D eigenvalue weighted by Crippen LogP contribution is -2.40. The van der Waals surface area contributed by atoms with E-state index in [0.29, 0.717) is 11.3 Å². The standard InChI is InChI=1S/C24H28N4O2/c1-5-18-11-13-19(14-12-18)23-21(15-28(26-23)20-9-7-6-8-10-20)24(30)27(4)16-22(29)25-17(2)3/h6-15,17H,5,16H2,1-4H3,(H,25,29). The summed E-state index contributed by atoms with van der Waals surface area (Å²) in [5, 5.41) is 7.52. The molecule has 0 bridgehead atoms. The molecule has 0 aliphatic carbocycles. The number of likely N-dealkylation sites (N-methyl/N-ethyl adjacent to an activating group) is 1. The van der Waals surface area contributed by atoms with Crippen molar-refractivity contribution in [3.8, 4) is 16.9 Å². The highest BCUT2D eigenvalue weighted by molar-refractivity contribution is 6.01. The minimum Gasteiger partial charge on any atom is -0.352 e. The van der Waals surface area contributed by atoms with Crippen LogP contribution >= 0.6 is 0 Å². The predicted octanol–water partition coefficient (Wildman–Crippen LogP) is 3.70. The van der Waals surface area contributed by atoms with E-state index in [2.05, 4.69) is 12.2 Å². The van der Waals surface area contributed by atoms with Crippen molar-refractivity contribution in [1.82, 2.24) is 20.0 Å². The lowest BCUT2D eigenvalue weighted by atomic mass is 10.0. The van der Waals surface area contributed by atoms with Gasteiger partial charge in [-0.25, -0.2) is 4.68 Å². The van der Waals surface area contributed by atoms with Gasteiger partial charge in [-0.15, -0.1) is 0 Å². The molecule has 30 heavy (non-hydrogen) atoms. The molecule has 1 heterocycles. The van der Waals surface area contributed by atoms with Gasteiger partial charge in [0.15, 0.2) is 0 Å². The van der Waals surface area contributed by atoms with Crippen LogP contribution < -0.4 is 5.32 Å². The number of hydrogen-bond donors (Lipinski definition) is 1. The third-order valence-corrected chi connectivity index (χ3v) is 4.78. The molecule has 0 spiro atoms. The van der Waals surface area contributed by atoms with Crippen LogP contribution in [0, 0.1) is 0 Å². The lowest BCUT2D eigenvalue weighted by Gasteiger charge is -2.17. The Bertz CT molecular complexity index is 1010. The van der Waals surface area contributed by atoms with Crippen molar-refractivity contribution in [3.63, 3.8) is 0 Å². The number of nitrogens with zero attached hydrogens (tertiary/aromatic N) is 3. The molecular formula is C24H28N4O2. The summed E-state index contributed by atoms with van der Waals surface area (Å²) < 4.78 is 1.71. The number of hydrogen-bond acceptors (Lipinski definition) is 3. The van der Waals surface area contributed by atoms with E-state index in [0.717, 1.165) is 17.7 Å². The first-order valence-electron chi connectivity index (χ1n) is 10.2. The normalized spacial score (nSPS) is 10.8. The third-order valence-electron chi connectivity index (χ3n) is 4.78. The van der Waals surface area contributed by atoms with Gasteiger partial charge < -0.3 is 10.2 Å². The molecule has 2 amide bonds. The van der Waals surface area contributed by atoms with Crippen molar-refractivity contribution in [1.29, 1.82) is 0 Å². The van der Waals surface area contributed by atoms with Gasteiger partial charge in [-0.05, 0) is 38.0 Å². The summed E-state index contributed by atoms with van der Waals surface area (Å²) in [6.07, 6.45) is 2.68. The Hall–Kier alpha value is -3.41. The first-order valence-corrected chi connectivity index (χ1v) is 10.2. The molecule has 2 aromatic carbocycles. The molecular weight excluding hydrogens is 376 g/mol. The number of carbonyl (C=O) groups is 2. The van der Waals surface area contributed by atoms with Crippen LogP contribution in [0.5, 0.6) is 0 Å². The van der Waals surface area contributed by atoms with E-state index in [1.54, 1.807) is 17.9 Å². The fourth-order valence-corrected chi connectivity index (χ4v) is 3.22. The van der Waals surface area contributed by atoms with Gasteiger partial charge in [-0.3, -0.25) is 9.59 Å². The Morgan fingerprint density at radius 2 is 1.73 bits per heavy atom. The maximum absolute atomic E-state index is 13.2. The minimum atomic E-state index is -0.245. The van der Waals surface area contributed by atoms with Crippen LogP contribution in [0.25, 0.3) is 16.9 Å². The maximum atomic E-state index is 13.2. The Morgan fingerprint density at radius 3 is 2.33 bits per heavy atom. The summed E-state index contributed by atoms with van der Waals surface area (Å²) in [4.78, 5) is 26.8. The lowest BCUT2D eigenvalue weighted by molar-refractivity contribution is -0.122. The van der Waals surface area contributed by atoms with Crippen LogP contribution in [0.3, 0.4) is 0 Å². The average molecular weight is 405 g/mol. The highest BCUT2D eigenvalue weighted by Gasteiger charge is 2.23. The number of benzene rings is 2. The van der Waals surface area contributed by atoms with E-state index in [9.17, 15) is 9.59 Å². The fourth-order valence-electron chi connectivity index (χ4n) is 3.22. The van der Waals surface area contributed by atoms with Crippen LogP contribution in [0.15, 0.2) is 60.8 Å². The van der Waals surface area contributed by atoms with Crippen LogP contribution in [0.1, 0.15) is 36.7 Å². The molecule has 0 saturated carbocycles. The molecule has 3 aromatic rings. The summed E-state index contributed by atoms with van der Waals surface area (Å²) in [5.41, 5.74) is 4.01. The SMILES string of the molecule is CCc1ccc(-c2nn(-c3ccccc3)cc2C(=O)N(C)CC(=O)NC(C)C)cc1. The molecule has 1 aromatic heterocycles. The summed E-state index contributed by atoms with van der Waals surface area (Å²) in [5.74, 6) is -0.434. The zero-order valence-electron chi connectivity index (χ0n) is 17.9. The third kappa shape index (κ3) is 4.95. The molecule has 0 fully saturated rings. The predicted molar refractivity (Wildman–Crippen MR) is 119 cm³/mol. The molecule has 156 valence electrons. The van der Waals surface area contributed by atoms with Crippen molar-refractivity contribution in [2.45, 2.75) is 33.2 Å². The number of aryl methyl sites for hydroxylation is 1. The topological polar surface area (TPSA) is 67.2 Å². The Morgan fingerprint density at radius 1 is 1.07 bits per heavy atom. The number of nitrogens with one attached hydrogen (secondary N) is 1. The van der Waals surface area contributed by atoms with Gasteiger partial charge in [0.25, 0.3) is 5.91 Å². The molecule has 0 aliphatic rings. The van der Waals surface area contributed by atoms with Crippen LogP contribution in [0.4, 0.5) is 0 Å². The number of para-hydroxylation sites is 1. The largest absolute Gasteiger partial charge is 0.352 e. The first-order chi connectivity index (χ1) is 14.4. The number of carbonyl (C=O) groups excluding carboxylic acids is 2. The Labute approximate surface area is 177 Å². The summed E-state index contributed by atoms with van der Waals surface area (Å²) >= 11 is 0. The fraction of sp³-hybridized carbons (Fsp3) is 0.292. The molecule has 0 radical (unpaired) electrons. The number of rotatable bonds is 7. The van der Waals surface area contributed by atoms with Crippen molar-refractivity contribution in [3.05, 3.63) is 71.9 Å². The van der Waals surface area contributed by atoms with Crippen LogP contribution in [-0.2, 0) is 11.2 Å². The number of aromatic nitrogens is 2. The van der Waals surface area contributed by atoms with Gasteiger partial charge in [-0.2, -0.15) is 5.10 Å². The molecule has 1 N–H and O–H groups in total. The maximum Gasteiger partial charge on any atom is 0.257 e. The zero-order chi connectivity index (χ0) is 21.7. The average Bonchev–Trinajstić information content (AvgIpc) is 3.18. The molecule has 0 unspecified atom stereocenters. The molecule has 3 rings (SSSR count). The van der Waals surface area contributed by atoms with Crippen LogP contribution in [0.2, 0.25) is 0 Å². The second kappa shape index (κ2) is 9.39. The van der Waals surface area contributed by atoms with E-state index in [-0.39, 0.29) is 24.4 Å². The quantitative estimate of drug-likeness (QED) is 0.653. The van der Waals surface area contributed by atoms with Gasteiger partial charge in [-0.1, -0.05) is 49.4 Å².